The lowest BCUT2D eigenvalue weighted by molar-refractivity contribution is -0.141. The number of nitrogens with one attached hydrogen (secondary N) is 1. The first kappa shape index (κ1) is 9.98. The molecule has 74 valence electrons. The standard InChI is InChI=1S/C8H14N2O3/c11-7(1-2-8(12)13)10-5-3-9-4-6-10/h9H,1-6H2,(H,12,13). The monoisotopic (exact) mass is 186 g/mol. The van der Waals surface area contributed by atoms with Crippen LogP contribution in [0.15, 0.2) is 0 Å². The van der Waals surface area contributed by atoms with E-state index in [-0.39, 0.29) is 18.7 Å². The quantitative estimate of drug-likeness (QED) is 0.610. The summed E-state index contributed by atoms with van der Waals surface area (Å²) in [4.78, 5) is 23.2. The van der Waals surface area contributed by atoms with Gasteiger partial charge in [0.25, 0.3) is 0 Å². The van der Waals surface area contributed by atoms with Crippen LogP contribution in [0.3, 0.4) is 0 Å². The molecule has 5 heteroatoms. The summed E-state index contributed by atoms with van der Waals surface area (Å²) in [5, 5.41) is 11.5. The number of amides is 1. The summed E-state index contributed by atoms with van der Waals surface area (Å²) in [6.45, 7) is 2.99. The number of carbonyl (C=O) groups excluding carboxylic acids is 1. The highest BCUT2D eigenvalue weighted by Gasteiger charge is 2.16. The predicted octanol–water partition coefficient (Wildman–Crippen LogP) is -0.717. The highest BCUT2D eigenvalue weighted by Crippen LogP contribution is 1.99. The van der Waals surface area contributed by atoms with Crippen LogP contribution >= 0.6 is 0 Å². The molecule has 13 heavy (non-hydrogen) atoms. The molecule has 0 unspecified atom stereocenters. The number of carboxylic acids is 1. The van der Waals surface area contributed by atoms with Crippen LogP contribution < -0.4 is 5.32 Å². The lowest BCUT2D eigenvalue weighted by Crippen LogP contribution is -2.46. The maximum atomic E-state index is 11.3. The van der Waals surface area contributed by atoms with E-state index in [4.69, 9.17) is 5.11 Å². The van der Waals surface area contributed by atoms with Crippen molar-refractivity contribution in [2.24, 2.45) is 0 Å². The molecular weight excluding hydrogens is 172 g/mol. The normalized spacial score (nSPS) is 17.1. The number of hydrogen-bond donors (Lipinski definition) is 2. The molecule has 2 N–H and O–H groups in total. The van der Waals surface area contributed by atoms with E-state index in [9.17, 15) is 9.59 Å². The van der Waals surface area contributed by atoms with Gasteiger partial charge < -0.3 is 15.3 Å². The minimum absolute atomic E-state index is 0.0519. The smallest absolute Gasteiger partial charge is 0.303 e. The van der Waals surface area contributed by atoms with Crippen LogP contribution in [0.5, 0.6) is 0 Å². The van der Waals surface area contributed by atoms with Gasteiger partial charge in [-0.15, -0.1) is 0 Å². The van der Waals surface area contributed by atoms with Crippen LogP contribution in [0.1, 0.15) is 12.8 Å². The highest BCUT2D eigenvalue weighted by atomic mass is 16.4. The van der Waals surface area contributed by atoms with E-state index in [1.165, 1.54) is 0 Å². The number of aliphatic carboxylic acids is 1. The van der Waals surface area contributed by atoms with Gasteiger partial charge in [-0.1, -0.05) is 0 Å². The van der Waals surface area contributed by atoms with Crippen molar-refractivity contribution in [3.63, 3.8) is 0 Å². The summed E-state index contributed by atoms with van der Waals surface area (Å²) in [5.74, 6) is -0.965. The zero-order valence-electron chi connectivity index (χ0n) is 7.45. The van der Waals surface area contributed by atoms with Gasteiger partial charge in [0.15, 0.2) is 0 Å². The van der Waals surface area contributed by atoms with Gasteiger partial charge in [-0.2, -0.15) is 0 Å². The van der Waals surface area contributed by atoms with E-state index in [1.807, 2.05) is 0 Å². The van der Waals surface area contributed by atoms with Crippen LogP contribution in [0.4, 0.5) is 0 Å². The van der Waals surface area contributed by atoms with E-state index in [1.54, 1.807) is 4.90 Å². The summed E-state index contributed by atoms with van der Waals surface area (Å²) < 4.78 is 0. The maximum absolute atomic E-state index is 11.3. The van der Waals surface area contributed by atoms with Crippen molar-refractivity contribution in [1.29, 1.82) is 0 Å². The van der Waals surface area contributed by atoms with Crippen LogP contribution in [-0.2, 0) is 9.59 Å². The Morgan fingerprint density at radius 3 is 2.38 bits per heavy atom. The third-order valence-corrected chi connectivity index (χ3v) is 2.02. The Hall–Kier alpha value is -1.10. The molecular formula is C8H14N2O3. The molecule has 0 radical (unpaired) electrons. The number of carbonyl (C=O) groups is 2. The molecule has 5 nitrogen and oxygen atoms in total. The minimum atomic E-state index is -0.913. The Balaban J connectivity index is 2.25. The molecule has 1 fully saturated rings. The number of nitrogens with zero attached hydrogens (tertiary/aromatic N) is 1. The first-order valence-corrected chi connectivity index (χ1v) is 4.40. The molecule has 0 aromatic carbocycles. The molecule has 1 heterocycles. The number of hydrogen-bond acceptors (Lipinski definition) is 3. The van der Waals surface area contributed by atoms with Crippen molar-refractivity contribution in [2.45, 2.75) is 12.8 Å². The zero-order valence-corrected chi connectivity index (χ0v) is 7.45. The molecule has 1 saturated heterocycles. The topological polar surface area (TPSA) is 69.6 Å². The van der Waals surface area contributed by atoms with Gasteiger partial charge in [0.05, 0.1) is 6.42 Å². The van der Waals surface area contributed by atoms with E-state index in [0.29, 0.717) is 13.1 Å². The van der Waals surface area contributed by atoms with Crippen molar-refractivity contribution in [1.82, 2.24) is 10.2 Å². The van der Waals surface area contributed by atoms with Gasteiger partial charge >= 0.3 is 5.97 Å². The number of piperazine rings is 1. The minimum Gasteiger partial charge on any atom is -0.481 e. The number of rotatable bonds is 3. The molecule has 0 aromatic rings. The summed E-state index contributed by atoms with van der Waals surface area (Å²) in [6.07, 6.45) is 0.0537. The van der Waals surface area contributed by atoms with E-state index in [2.05, 4.69) is 5.32 Å². The lowest BCUT2D eigenvalue weighted by Gasteiger charge is -2.27. The van der Waals surface area contributed by atoms with Crippen LogP contribution in [-0.4, -0.2) is 48.1 Å². The second-order valence-corrected chi connectivity index (χ2v) is 3.02. The van der Waals surface area contributed by atoms with Gasteiger partial charge in [-0.05, 0) is 0 Å². The largest absolute Gasteiger partial charge is 0.481 e. The third-order valence-electron chi connectivity index (χ3n) is 2.02. The van der Waals surface area contributed by atoms with E-state index >= 15 is 0 Å². The SMILES string of the molecule is O=C(O)CCC(=O)N1CCNCC1. The first-order chi connectivity index (χ1) is 6.20. The predicted molar refractivity (Wildman–Crippen MR) is 46.3 cm³/mol. The molecule has 0 atom stereocenters. The Bertz CT molecular complexity index is 200. The Morgan fingerprint density at radius 1 is 1.23 bits per heavy atom. The molecule has 0 aliphatic carbocycles. The fourth-order valence-corrected chi connectivity index (χ4v) is 1.29. The summed E-state index contributed by atoms with van der Waals surface area (Å²) >= 11 is 0. The highest BCUT2D eigenvalue weighted by molar-refractivity contribution is 5.80. The molecule has 0 aromatic heterocycles. The Morgan fingerprint density at radius 2 is 1.85 bits per heavy atom. The Labute approximate surface area is 76.7 Å². The van der Waals surface area contributed by atoms with Crippen LogP contribution in [0.2, 0.25) is 0 Å². The van der Waals surface area contributed by atoms with Crippen molar-refractivity contribution in [3.8, 4) is 0 Å². The first-order valence-electron chi connectivity index (χ1n) is 4.40. The van der Waals surface area contributed by atoms with E-state index in [0.717, 1.165) is 13.1 Å². The molecule has 1 aliphatic heterocycles. The molecule has 1 aliphatic rings. The summed E-state index contributed by atoms with van der Waals surface area (Å²) in [6, 6.07) is 0. The second kappa shape index (κ2) is 4.81. The number of carboxylic acid groups (broad SMARTS) is 1. The molecule has 0 spiro atoms. The van der Waals surface area contributed by atoms with Gasteiger partial charge in [-0.3, -0.25) is 9.59 Å². The van der Waals surface area contributed by atoms with E-state index < -0.39 is 5.97 Å². The zero-order chi connectivity index (χ0) is 9.68. The molecule has 1 rings (SSSR count). The van der Waals surface area contributed by atoms with Gasteiger partial charge in [0.2, 0.25) is 5.91 Å². The third kappa shape index (κ3) is 3.42. The van der Waals surface area contributed by atoms with Crippen molar-refractivity contribution < 1.29 is 14.7 Å². The second-order valence-electron chi connectivity index (χ2n) is 3.02. The molecule has 0 bridgehead atoms. The van der Waals surface area contributed by atoms with Gasteiger partial charge in [0, 0.05) is 32.6 Å². The fraction of sp³-hybridized carbons (Fsp3) is 0.750. The Kier molecular flexibility index (Phi) is 3.70. The van der Waals surface area contributed by atoms with Crippen LogP contribution in [0.25, 0.3) is 0 Å². The fourth-order valence-electron chi connectivity index (χ4n) is 1.29. The van der Waals surface area contributed by atoms with Crippen molar-refractivity contribution >= 4 is 11.9 Å². The average Bonchev–Trinajstić information content (AvgIpc) is 2.15. The maximum Gasteiger partial charge on any atom is 0.303 e. The van der Waals surface area contributed by atoms with Crippen molar-refractivity contribution in [2.75, 3.05) is 26.2 Å². The summed E-state index contributed by atoms with van der Waals surface area (Å²) in [5.41, 5.74) is 0. The van der Waals surface area contributed by atoms with Crippen LogP contribution in [0, 0.1) is 0 Å². The van der Waals surface area contributed by atoms with Gasteiger partial charge in [-0.25, -0.2) is 0 Å². The van der Waals surface area contributed by atoms with Crippen molar-refractivity contribution in [3.05, 3.63) is 0 Å². The molecule has 0 saturated carbocycles. The average molecular weight is 186 g/mol. The summed E-state index contributed by atoms with van der Waals surface area (Å²) in [7, 11) is 0. The van der Waals surface area contributed by atoms with Gasteiger partial charge in [0.1, 0.15) is 0 Å². The lowest BCUT2D eigenvalue weighted by atomic mass is 10.2. The molecule has 1 amide bonds.